The first-order valence-corrected chi connectivity index (χ1v) is 6.80. The molecule has 1 heterocycles. The number of aliphatic imine (C=N–C) groups is 1. The Bertz CT molecular complexity index is 288. The van der Waals surface area contributed by atoms with Gasteiger partial charge in [-0.15, -0.1) is 0 Å². The van der Waals surface area contributed by atoms with Gasteiger partial charge in [0.2, 0.25) is 0 Å². The summed E-state index contributed by atoms with van der Waals surface area (Å²) in [7, 11) is 1.92. The molecule has 3 aliphatic rings. The van der Waals surface area contributed by atoms with E-state index in [4.69, 9.17) is 0 Å². The number of nitrogens with one attached hydrogen (secondary N) is 1. The molecule has 0 radical (unpaired) electrons. The van der Waals surface area contributed by atoms with E-state index in [9.17, 15) is 0 Å². The Balaban J connectivity index is 1.62. The summed E-state index contributed by atoms with van der Waals surface area (Å²) in [6.07, 6.45) is 9.84. The first kappa shape index (κ1) is 10.4. The first-order chi connectivity index (χ1) is 7.81. The Morgan fingerprint density at radius 2 is 2.00 bits per heavy atom. The van der Waals surface area contributed by atoms with Crippen LogP contribution in [0.3, 0.4) is 0 Å². The minimum Gasteiger partial charge on any atom is -0.354 e. The van der Waals surface area contributed by atoms with Gasteiger partial charge >= 0.3 is 0 Å². The quantitative estimate of drug-likeness (QED) is 0.541. The zero-order valence-electron chi connectivity index (χ0n) is 10.3. The molecule has 2 aliphatic carbocycles. The Morgan fingerprint density at radius 1 is 1.25 bits per heavy atom. The smallest absolute Gasteiger partial charge is 0.193 e. The summed E-state index contributed by atoms with van der Waals surface area (Å²) < 4.78 is 0. The van der Waals surface area contributed by atoms with E-state index in [1.807, 2.05) is 7.05 Å². The summed E-state index contributed by atoms with van der Waals surface area (Å²) in [5.41, 5.74) is 0.654. The summed E-state index contributed by atoms with van der Waals surface area (Å²) >= 11 is 0. The Morgan fingerprint density at radius 3 is 2.62 bits per heavy atom. The largest absolute Gasteiger partial charge is 0.354 e. The molecule has 3 nitrogen and oxygen atoms in total. The number of likely N-dealkylation sites (tertiary alicyclic amines) is 1. The maximum Gasteiger partial charge on any atom is 0.193 e. The normalized spacial score (nSPS) is 29.1. The van der Waals surface area contributed by atoms with E-state index < -0.39 is 0 Å². The van der Waals surface area contributed by atoms with Crippen LogP contribution in [0.5, 0.6) is 0 Å². The van der Waals surface area contributed by atoms with Crippen LogP contribution in [0.4, 0.5) is 0 Å². The molecule has 3 fully saturated rings. The van der Waals surface area contributed by atoms with E-state index in [0.29, 0.717) is 5.41 Å². The molecule has 16 heavy (non-hydrogen) atoms. The molecular formula is C13H23N3. The second-order valence-electron chi connectivity index (χ2n) is 5.84. The third kappa shape index (κ3) is 1.92. The highest BCUT2D eigenvalue weighted by Crippen LogP contribution is 2.45. The number of nitrogens with zero attached hydrogens (tertiary/aromatic N) is 2. The predicted molar refractivity (Wildman–Crippen MR) is 66.6 cm³/mol. The van der Waals surface area contributed by atoms with Gasteiger partial charge in [0.15, 0.2) is 5.96 Å². The highest BCUT2D eigenvalue weighted by Gasteiger charge is 2.41. The summed E-state index contributed by atoms with van der Waals surface area (Å²) in [5, 5.41) is 3.56. The van der Waals surface area contributed by atoms with Crippen molar-refractivity contribution in [2.75, 3.05) is 20.1 Å². The van der Waals surface area contributed by atoms with Crippen LogP contribution in [0.2, 0.25) is 0 Å². The molecule has 90 valence electrons. The lowest BCUT2D eigenvalue weighted by atomic mass is 9.86. The molecule has 0 aromatic heterocycles. The Hall–Kier alpha value is -0.730. The molecule has 1 aliphatic heterocycles. The van der Waals surface area contributed by atoms with Crippen molar-refractivity contribution in [2.24, 2.45) is 10.4 Å². The van der Waals surface area contributed by atoms with E-state index in [1.54, 1.807) is 0 Å². The standard InChI is InChI=1S/C13H23N3/c1-14-12(15-11-4-5-11)16-9-8-13(10-16)6-2-3-7-13/h11H,2-10H2,1H3,(H,14,15). The zero-order valence-corrected chi connectivity index (χ0v) is 10.3. The van der Waals surface area contributed by atoms with Gasteiger partial charge in [-0.2, -0.15) is 0 Å². The average molecular weight is 221 g/mol. The molecule has 0 aromatic carbocycles. The van der Waals surface area contributed by atoms with Gasteiger partial charge in [0.05, 0.1) is 0 Å². The van der Waals surface area contributed by atoms with E-state index >= 15 is 0 Å². The second kappa shape index (κ2) is 3.94. The van der Waals surface area contributed by atoms with Crippen LogP contribution in [0, 0.1) is 5.41 Å². The van der Waals surface area contributed by atoms with E-state index in [-0.39, 0.29) is 0 Å². The molecule has 3 heteroatoms. The highest BCUT2D eigenvalue weighted by atomic mass is 15.3. The molecule has 3 rings (SSSR count). The van der Waals surface area contributed by atoms with Crippen molar-refractivity contribution in [1.29, 1.82) is 0 Å². The lowest BCUT2D eigenvalue weighted by Crippen LogP contribution is -2.41. The van der Waals surface area contributed by atoms with Crippen LogP contribution in [-0.2, 0) is 0 Å². The van der Waals surface area contributed by atoms with Gasteiger partial charge in [0.1, 0.15) is 0 Å². The third-order valence-corrected chi connectivity index (χ3v) is 4.52. The van der Waals surface area contributed by atoms with Crippen molar-refractivity contribution in [3.8, 4) is 0 Å². The van der Waals surface area contributed by atoms with Crippen molar-refractivity contribution in [2.45, 2.75) is 51.0 Å². The van der Waals surface area contributed by atoms with Crippen LogP contribution < -0.4 is 5.32 Å². The molecule has 0 amide bonds. The number of rotatable bonds is 1. The summed E-state index contributed by atoms with van der Waals surface area (Å²) in [6, 6.07) is 0.721. The van der Waals surface area contributed by atoms with Crippen molar-refractivity contribution >= 4 is 5.96 Å². The SMILES string of the molecule is CN=C(NC1CC1)N1CCC2(CCCC2)C1. The Kier molecular flexibility index (Phi) is 2.56. The molecule has 1 saturated heterocycles. The van der Waals surface area contributed by atoms with E-state index in [2.05, 4.69) is 15.2 Å². The first-order valence-electron chi connectivity index (χ1n) is 6.80. The van der Waals surface area contributed by atoms with Crippen molar-refractivity contribution in [3.63, 3.8) is 0 Å². The maximum absolute atomic E-state index is 4.44. The fourth-order valence-electron chi connectivity index (χ4n) is 3.36. The van der Waals surface area contributed by atoms with Crippen molar-refractivity contribution in [3.05, 3.63) is 0 Å². The fourth-order valence-corrected chi connectivity index (χ4v) is 3.36. The molecule has 0 atom stereocenters. The molecule has 0 unspecified atom stereocenters. The van der Waals surface area contributed by atoms with Gasteiger partial charge in [-0.05, 0) is 37.5 Å². The van der Waals surface area contributed by atoms with Crippen LogP contribution in [0.25, 0.3) is 0 Å². The van der Waals surface area contributed by atoms with Crippen LogP contribution in [0.1, 0.15) is 44.9 Å². The average Bonchev–Trinajstić information content (AvgIpc) is 2.86. The molecule has 0 bridgehead atoms. The zero-order chi connectivity index (χ0) is 11.0. The van der Waals surface area contributed by atoms with Gasteiger partial charge < -0.3 is 10.2 Å². The van der Waals surface area contributed by atoms with Gasteiger partial charge in [-0.25, -0.2) is 0 Å². The lowest BCUT2D eigenvalue weighted by Gasteiger charge is -2.25. The van der Waals surface area contributed by atoms with Crippen LogP contribution in [-0.4, -0.2) is 37.0 Å². The maximum atomic E-state index is 4.44. The minimum atomic E-state index is 0.654. The topological polar surface area (TPSA) is 27.6 Å². The molecule has 0 aromatic rings. The highest BCUT2D eigenvalue weighted by molar-refractivity contribution is 5.80. The van der Waals surface area contributed by atoms with Crippen LogP contribution >= 0.6 is 0 Å². The number of guanidine groups is 1. The molecule has 1 N–H and O–H groups in total. The molecule has 2 saturated carbocycles. The lowest BCUT2D eigenvalue weighted by molar-refractivity contribution is 0.309. The van der Waals surface area contributed by atoms with Gasteiger partial charge in [0.25, 0.3) is 0 Å². The van der Waals surface area contributed by atoms with Crippen molar-refractivity contribution < 1.29 is 0 Å². The second-order valence-corrected chi connectivity index (χ2v) is 5.84. The summed E-state index contributed by atoms with van der Waals surface area (Å²) in [5.74, 6) is 1.16. The number of hydrogen-bond donors (Lipinski definition) is 1. The summed E-state index contributed by atoms with van der Waals surface area (Å²) in [6.45, 7) is 2.46. The fraction of sp³-hybridized carbons (Fsp3) is 0.923. The Labute approximate surface area is 98.3 Å². The van der Waals surface area contributed by atoms with Gasteiger partial charge in [-0.1, -0.05) is 12.8 Å². The van der Waals surface area contributed by atoms with Crippen molar-refractivity contribution in [1.82, 2.24) is 10.2 Å². The van der Waals surface area contributed by atoms with Gasteiger partial charge in [0, 0.05) is 26.2 Å². The molecular weight excluding hydrogens is 198 g/mol. The van der Waals surface area contributed by atoms with Crippen LogP contribution in [0.15, 0.2) is 4.99 Å². The predicted octanol–water partition coefficient (Wildman–Crippen LogP) is 1.99. The van der Waals surface area contributed by atoms with E-state index in [0.717, 1.165) is 12.0 Å². The minimum absolute atomic E-state index is 0.654. The summed E-state index contributed by atoms with van der Waals surface area (Å²) in [4.78, 5) is 6.93. The van der Waals surface area contributed by atoms with Gasteiger partial charge in [-0.3, -0.25) is 4.99 Å². The molecule has 1 spiro atoms. The third-order valence-electron chi connectivity index (χ3n) is 4.52. The number of hydrogen-bond acceptors (Lipinski definition) is 1. The van der Waals surface area contributed by atoms with E-state index in [1.165, 1.54) is 58.0 Å². The monoisotopic (exact) mass is 221 g/mol.